The number of carbonyl (C=O) groups is 1. The van der Waals surface area contributed by atoms with Gasteiger partial charge in [-0.25, -0.2) is 0 Å². The van der Waals surface area contributed by atoms with Crippen LogP contribution < -0.4 is 10.6 Å². The average Bonchev–Trinajstić information content (AvgIpc) is 2.53. The summed E-state index contributed by atoms with van der Waals surface area (Å²) < 4.78 is 0.718. The predicted octanol–water partition coefficient (Wildman–Crippen LogP) is 1.16. The van der Waals surface area contributed by atoms with Crippen molar-refractivity contribution in [3.8, 4) is 0 Å². The Morgan fingerprint density at radius 2 is 2.31 bits per heavy atom. The minimum absolute atomic E-state index is 0.0322. The van der Waals surface area contributed by atoms with E-state index in [2.05, 4.69) is 10.6 Å². The molecule has 3 nitrogen and oxygen atoms in total. The van der Waals surface area contributed by atoms with Crippen molar-refractivity contribution < 1.29 is 4.79 Å². The SMILES string of the molecule is O=C1NCCNC1c1ccc(Cl)s1. The van der Waals surface area contributed by atoms with Crippen LogP contribution >= 0.6 is 22.9 Å². The molecule has 1 atom stereocenters. The standard InChI is InChI=1S/C8H9ClN2OS/c9-6-2-1-5(13-6)7-8(12)11-4-3-10-7/h1-2,7,10H,3-4H2,(H,11,12). The van der Waals surface area contributed by atoms with Crippen LogP contribution in [0.15, 0.2) is 12.1 Å². The Labute approximate surface area is 85.1 Å². The number of carbonyl (C=O) groups excluding carboxylic acids is 1. The van der Waals surface area contributed by atoms with E-state index in [1.807, 2.05) is 12.1 Å². The first-order valence-corrected chi connectivity index (χ1v) is 5.23. The Morgan fingerprint density at radius 1 is 1.46 bits per heavy atom. The van der Waals surface area contributed by atoms with Crippen LogP contribution in [0.5, 0.6) is 0 Å². The topological polar surface area (TPSA) is 41.1 Å². The molecule has 1 saturated heterocycles. The Balaban J connectivity index is 2.19. The first-order valence-electron chi connectivity index (χ1n) is 4.04. The number of amides is 1. The third-order valence-electron chi connectivity index (χ3n) is 1.91. The van der Waals surface area contributed by atoms with E-state index in [-0.39, 0.29) is 11.9 Å². The number of hydrogen-bond donors (Lipinski definition) is 2. The van der Waals surface area contributed by atoms with Crippen LogP contribution in [-0.4, -0.2) is 19.0 Å². The van der Waals surface area contributed by atoms with Crippen molar-refractivity contribution in [2.24, 2.45) is 0 Å². The van der Waals surface area contributed by atoms with Crippen LogP contribution in [-0.2, 0) is 4.79 Å². The maximum Gasteiger partial charge on any atom is 0.242 e. The van der Waals surface area contributed by atoms with Gasteiger partial charge in [-0.15, -0.1) is 11.3 Å². The van der Waals surface area contributed by atoms with Crippen molar-refractivity contribution in [1.82, 2.24) is 10.6 Å². The van der Waals surface area contributed by atoms with Gasteiger partial charge >= 0.3 is 0 Å². The van der Waals surface area contributed by atoms with Crippen molar-refractivity contribution in [1.29, 1.82) is 0 Å². The molecule has 0 aromatic carbocycles. The lowest BCUT2D eigenvalue weighted by Crippen LogP contribution is -2.46. The summed E-state index contributed by atoms with van der Waals surface area (Å²) in [5.41, 5.74) is 0. The van der Waals surface area contributed by atoms with E-state index >= 15 is 0 Å². The minimum atomic E-state index is -0.216. The molecule has 1 amide bonds. The van der Waals surface area contributed by atoms with Gasteiger partial charge < -0.3 is 5.32 Å². The van der Waals surface area contributed by atoms with E-state index in [0.29, 0.717) is 6.54 Å². The summed E-state index contributed by atoms with van der Waals surface area (Å²) in [4.78, 5) is 12.4. The van der Waals surface area contributed by atoms with Gasteiger partial charge in [0.25, 0.3) is 0 Å². The second-order valence-electron chi connectivity index (χ2n) is 2.82. The highest BCUT2D eigenvalue weighted by atomic mass is 35.5. The number of rotatable bonds is 1. The van der Waals surface area contributed by atoms with Crippen molar-refractivity contribution in [2.75, 3.05) is 13.1 Å². The molecule has 0 aliphatic carbocycles. The Morgan fingerprint density at radius 3 is 2.92 bits per heavy atom. The lowest BCUT2D eigenvalue weighted by Gasteiger charge is -2.22. The maximum atomic E-state index is 11.4. The van der Waals surface area contributed by atoms with Gasteiger partial charge in [-0.2, -0.15) is 0 Å². The zero-order valence-electron chi connectivity index (χ0n) is 6.84. The van der Waals surface area contributed by atoms with Gasteiger partial charge in [0.2, 0.25) is 5.91 Å². The summed E-state index contributed by atoms with van der Waals surface area (Å²) in [6.07, 6.45) is 0. The zero-order chi connectivity index (χ0) is 9.26. The lowest BCUT2D eigenvalue weighted by atomic mass is 10.2. The van der Waals surface area contributed by atoms with Crippen LogP contribution in [0.2, 0.25) is 4.34 Å². The van der Waals surface area contributed by atoms with Crippen molar-refractivity contribution >= 4 is 28.8 Å². The smallest absolute Gasteiger partial charge is 0.242 e. The van der Waals surface area contributed by atoms with Crippen LogP contribution in [0.4, 0.5) is 0 Å². The highest BCUT2D eigenvalue weighted by molar-refractivity contribution is 7.16. The van der Waals surface area contributed by atoms with Crippen LogP contribution in [0.1, 0.15) is 10.9 Å². The first kappa shape index (κ1) is 8.99. The molecule has 70 valence electrons. The van der Waals surface area contributed by atoms with Gasteiger partial charge in [0.05, 0.1) is 4.34 Å². The number of nitrogens with one attached hydrogen (secondary N) is 2. The molecule has 1 aliphatic heterocycles. The van der Waals surface area contributed by atoms with Crippen molar-refractivity contribution in [3.63, 3.8) is 0 Å². The molecule has 2 rings (SSSR count). The summed E-state index contributed by atoms with van der Waals surface area (Å²) in [7, 11) is 0. The van der Waals surface area contributed by atoms with Gasteiger partial charge in [0, 0.05) is 18.0 Å². The quantitative estimate of drug-likeness (QED) is 0.740. The Kier molecular flexibility index (Phi) is 2.53. The largest absolute Gasteiger partial charge is 0.353 e. The highest BCUT2D eigenvalue weighted by Crippen LogP contribution is 2.27. The van der Waals surface area contributed by atoms with E-state index in [0.717, 1.165) is 15.8 Å². The molecule has 1 fully saturated rings. The average molecular weight is 217 g/mol. The monoisotopic (exact) mass is 216 g/mol. The van der Waals surface area contributed by atoms with Gasteiger partial charge in [-0.1, -0.05) is 11.6 Å². The third-order valence-corrected chi connectivity index (χ3v) is 3.21. The summed E-state index contributed by atoms with van der Waals surface area (Å²) in [5.74, 6) is 0.0322. The van der Waals surface area contributed by atoms with E-state index in [9.17, 15) is 4.79 Å². The fourth-order valence-electron chi connectivity index (χ4n) is 1.31. The van der Waals surface area contributed by atoms with Gasteiger partial charge in [0.15, 0.2) is 0 Å². The number of halogens is 1. The van der Waals surface area contributed by atoms with Crippen LogP contribution in [0.3, 0.4) is 0 Å². The van der Waals surface area contributed by atoms with E-state index in [1.165, 1.54) is 11.3 Å². The molecular weight excluding hydrogens is 208 g/mol. The molecule has 1 aromatic heterocycles. The molecule has 5 heteroatoms. The number of hydrogen-bond acceptors (Lipinski definition) is 3. The third kappa shape index (κ3) is 1.85. The van der Waals surface area contributed by atoms with E-state index in [4.69, 9.17) is 11.6 Å². The van der Waals surface area contributed by atoms with E-state index < -0.39 is 0 Å². The van der Waals surface area contributed by atoms with E-state index in [1.54, 1.807) is 0 Å². The fourth-order valence-corrected chi connectivity index (χ4v) is 2.45. The second kappa shape index (κ2) is 3.65. The second-order valence-corrected chi connectivity index (χ2v) is 4.57. The van der Waals surface area contributed by atoms with Gasteiger partial charge in [-0.3, -0.25) is 10.1 Å². The van der Waals surface area contributed by atoms with Crippen molar-refractivity contribution in [2.45, 2.75) is 6.04 Å². The van der Waals surface area contributed by atoms with Crippen molar-refractivity contribution in [3.05, 3.63) is 21.3 Å². The minimum Gasteiger partial charge on any atom is -0.353 e. The Hall–Kier alpha value is -0.580. The molecular formula is C8H9ClN2OS. The van der Waals surface area contributed by atoms with Crippen LogP contribution in [0.25, 0.3) is 0 Å². The van der Waals surface area contributed by atoms with Gasteiger partial charge in [0.1, 0.15) is 6.04 Å². The highest BCUT2D eigenvalue weighted by Gasteiger charge is 2.24. The normalized spacial score (nSPS) is 22.8. The summed E-state index contributed by atoms with van der Waals surface area (Å²) in [5, 5.41) is 5.94. The first-order chi connectivity index (χ1) is 6.27. The molecule has 0 spiro atoms. The maximum absolute atomic E-state index is 11.4. The molecule has 0 radical (unpaired) electrons. The molecule has 1 aromatic rings. The summed E-state index contributed by atoms with van der Waals surface area (Å²) >= 11 is 7.23. The van der Waals surface area contributed by atoms with Gasteiger partial charge in [-0.05, 0) is 12.1 Å². The molecule has 13 heavy (non-hydrogen) atoms. The summed E-state index contributed by atoms with van der Waals surface area (Å²) in [6, 6.07) is 3.48. The molecule has 0 bridgehead atoms. The molecule has 2 N–H and O–H groups in total. The zero-order valence-corrected chi connectivity index (χ0v) is 8.41. The van der Waals surface area contributed by atoms with Crippen LogP contribution in [0, 0.1) is 0 Å². The molecule has 2 heterocycles. The molecule has 1 unspecified atom stereocenters. The predicted molar refractivity (Wildman–Crippen MR) is 53.1 cm³/mol. The lowest BCUT2D eigenvalue weighted by molar-refractivity contribution is -0.124. The Bertz CT molecular complexity index is 326. The molecule has 0 saturated carbocycles. The number of thiophene rings is 1. The molecule has 1 aliphatic rings. The number of piperazine rings is 1. The summed E-state index contributed by atoms with van der Waals surface area (Å²) in [6.45, 7) is 1.51. The fraction of sp³-hybridized carbons (Fsp3) is 0.375.